The van der Waals surface area contributed by atoms with Gasteiger partial charge < -0.3 is 19.5 Å². The summed E-state index contributed by atoms with van der Waals surface area (Å²) in [5.41, 5.74) is 3.27. The van der Waals surface area contributed by atoms with Gasteiger partial charge in [-0.1, -0.05) is 328 Å². The van der Waals surface area contributed by atoms with Gasteiger partial charge in [0.1, 0.15) is 13.2 Å². The van der Waals surface area contributed by atoms with Crippen molar-refractivity contribution < 1.29 is 33.4 Å². The molecule has 0 aromatic heterocycles. The van der Waals surface area contributed by atoms with Crippen LogP contribution in [0.3, 0.4) is 0 Å². The maximum atomic E-state index is 12.8. The predicted molar refractivity (Wildman–Crippen MR) is 359 cm³/mol. The van der Waals surface area contributed by atoms with Crippen LogP contribution in [-0.4, -0.2) is 67.2 Å². The maximum absolute atomic E-state index is 12.8. The highest BCUT2D eigenvalue weighted by atomic mass is 16.6. The van der Waals surface area contributed by atoms with E-state index in [1.165, 1.54) is 250 Å². The molecule has 490 valence electrons. The topological polar surface area (TPSA) is 111 Å². The fraction of sp³-hybridized carbons (Fsp3) is 0.867. The molecule has 1 aromatic rings. The molecule has 1 aromatic carbocycles. The van der Waals surface area contributed by atoms with Crippen LogP contribution in [0.25, 0.3) is 0 Å². The number of likely N-dealkylation sites (tertiary alicyclic amines) is 1. The van der Waals surface area contributed by atoms with E-state index in [0.717, 1.165) is 101 Å². The van der Waals surface area contributed by atoms with Crippen molar-refractivity contribution in [3.8, 4) is 0 Å². The van der Waals surface area contributed by atoms with Gasteiger partial charge >= 0.3 is 17.9 Å². The van der Waals surface area contributed by atoms with Crippen LogP contribution in [0.5, 0.6) is 0 Å². The van der Waals surface area contributed by atoms with Crippen molar-refractivity contribution in [2.75, 3.05) is 31.6 Å². The van der Waals surface area contributed by atoms with Crippen molar-refractivity contribution in [1.82, 2.24) is 4.90 Å². The minimum absolute atomic E-state index is 0.0457. The first-order valence-electron chi connectivity index (χ1n) is 36.8. The molecule has 1 heterocycles. The molecule has 2 rings (SSSR count). The number of hydrogen-bond donors (Lipinski definition) is 1. The van der Waals surface area contributed by atoms with Crippen molar-refractivity contribution in [2.45, 2.75) is 394 Å². The molecule has 1 saturated heterocycles. The van der Waals surface area contributed by atoms with Crippen LogP contribution in [0, 0.1) is 13.8 Å². The summed E-state index contributed by atoms with van der Waals surface area (Å²) in [5, 5.41) is 3.17. The normalized spacial score (nSPS) is 13.4. The van der Waals surface area contributed by atoms with Crippen LogP contribution in [-0.2, 0) is 33.4 Å². The zero-order chi connectivity index (χ0) is 61.0. The first-order chi connectivity index (χ1) is 41.2. The smallest absolute Gasteiger partial charge is 0.306 e. The first kappa shape index (κ1) is 79.1. The van der Waals surface area contributed by atoms with E-state index in [1.807, 2.05) is 6.07 Å². The van der Waals surface area contributed by atoms with Crippen LogP contribution in [0.4, 0.5) is 5.69 Å². The Morgan fingerprint density at radius 3 is 1.04 bits per heavy atom. The number of carbonyl (C=O) groups is 4. The molecule has 0 radical (unpaired) electrons. The number of esters is 3. The monoisotopic (exact) mass is 1180 g/mol. The largest absolute Gasteiger partial charge is 0.462 e. The van der Waals surface area contributed by atoms with E-state index < -0.39 is 6.10 Å². The molecule has 9 nitrogen and oxygen atoms in total. The molecule has 1 aliphatic heterocycles. The number of piperidine rings is 1. The zero-order valence-electron chi connectivity index (χ0n) is 56.5. The van der Waals surface area contributed by atoms with Gasteiger partial charge in [-0.05, 0) is 76.6 Å². The van der Waals surface area contributed by atoms with Crippen molar-refractivity contribution in [1.29, 1.82) is 0 Å². The fourth-order valence-electron chi connectivity index (χ4n) is 11.9. The second-order valence-electron chi connectivity index (χ2n) is 25.7. The third kappa shape index (κ3) is 49.1. The quantitative estimate of drug-likeness (QED) is 0.0390. The third-order valence-electron chi connectivity index (χ3n) is 17.6. The van der Waals surface area contributed by atoms with Gasteiger partial charge in [0.15, 0.2) is 6.10 Å². The molecule has 1 fully saturated rings. The third-order valence-corrected chi connectivity index (χ3v) is 17.6. The van der Waals surface area contributed by atoms with E-state index in [9.17, 15) is 19.2 Å². The molecule has 0 saturated carbocycles. The van der Waals surface area contributed by atoms with Gasteiger partial charge in [-0.25, -0.2) is 0 Å². The number of para-hydroxylation sites is 1. The van der Waals surface area contributed by atoms with Gasteiger partial charge in [0.05, 0.1) is 6.04 Å². The number of hydrogen-bond acceptors (Lipinski definition) is 8. The van der Waals surface area contributed by atoms with Crippen molar-refractivity contribution >= 4 is 29.5 Å². The lowest BCUT2D eigenvalue weighted by Crippen LogP contribution is -2.47. The Morgan fingerprint density at radius 1 is 0.417 bits per heavy atom. The second kappa shape index (κ2) is 60.3. The fourth-order valence-corrected chi connectivity index (χ4v) is 11.9. The molecule has 9 heteroatoms. The van der Waals surface area contributed by atoms with E-state index in [0.29, 0.717) is 19.3 Å². The van der Waals surface area contributed by atoms with Crippen LogP contribution < -0.4 is 5.32 Å². The van der Waals surface area contributed by atoms with Gasteiger partial charge in [0, 0.05) is 24.9 Å². The lowest BCUT2D eigenvalue weighted by Gasteiger charge is -2.34. The number of carbonyl (C=O) groups excluding carboxylic acids is 4. The van der Waals surface area contributed by atoms with Crippen molar-refractivity contribution in [3.63, 3.8) is 0 Å². The number of anilines is 1. The van der Waals surface area contributed by atoms with E-state index in [1.54, 1.807) is 0 Å². The molecule has 1 aliphatic rings. The molecule has 1 atom stereocenters. The second-order valence-corrected chi connectivity index (χ2v) is 25.7. The molecule has 0 spiro atoms. The summed E-state index contributed by atoms with van der Waals surface area (Å²) in [7, 11) is 0. The number of nitrogens with one attached hydrogen (secondary N) is 1. The van der Waals surface area contributed by atoms with Crippen LogP contribution in [0.15, 0.2) is 18.2 Å². The predicted octanol–water partition coefficient (Wildman–Crippen LogP) is 22.7. The minimum atomic E-state index is -0.760. The number of unbranched alkanes of at least 4 members (excludes halogenated alkanes) is 43. The zero-order valence-corrected chi connectivity index (χ0v) is 56.5. The Bertz CT molecular complexity index is 1580. The van der Waals surface area contributed by atoms with Crippen molar-refractivity contribution in [3.05, 3.63) is 29.3 Å². The van der Waals surface area contributed by atoms with Crippen LogP contribution in [0.2, 0.25) is 0 Å². The summed E-state index contributed by atoms with van der Waals surface area (Å²) >= 11 is 0. The molecular weight excluding hydrogens is 1040 g/mol. The van der Waals surface area contributed by atoms with E-state index >= 15 is 0 Å². The van der Waals surface area contributed by atoms with Gasteiger partial charge in [0.25, 0.3) is 0 Å². The van der Waals surface area contributed by atoms with Gasteiger partial charge in [-0.3, -0.25) is 24.1 Å². The SMILES string of the molecule is CCCCCCCCCCCCCCCCCC(=O)OCC(COC(=O)CCCCCCCCCCCCCCCCC)OC(=O)CCCCCCCCCCCCCCCCC.CCCCN1CCCCC1C(=O)Nc1c(C)cccc1C. The average molecular weight is 1180 g/mol. The van der Waals surface area contributed by atoms with Gasteiger partial charge in [-0.15, -0.1) is 0 Å². The lowest BCUT2D eigenvalue weighted by atomic mass is 10.00. The number of ether oxygens (including phenoxy) is 3. The Kier molecular flexibility index (Phi) is 56.8. The standard InChI is InChI=1S/C57H110O6.C18H28N2O/c1-4-7-10-13-16-19-22-25-28-31-34-37-40-43-46-49-55(58)61-52-54(63-57(60)51-48-45-42-39-36-33-30-27-24-21-18-15-12-9-6-3)53-62-56(59)50-47-44-41-38-35-32-29-26-23-20-17-14-11-8-5-2;1-4-5-12-20-13-7-6-11-16(20)18(21)19-17-14(2)9-8-10-15(17)3/h54H,4-53H2,1-3H3;8-10,16H,4-7,11-13H2,1-3H3,(H,19,21). The Balaban J connectivity index is 0.00000139. The summed E-state index contributed by atoms with van der Waals surface area (Å²) < 4.78 is 16.9. The summed E-state index contributed by atoms with van der Waals surface area (Å²) in [6.07, 6.45) is 63.7. The molecule has 84 heavy (non-hydrogen) atoms. The van der Waals surface area contributed by atoms with Crippen LogP contribution >= 0.6 is 0 Å². The average Bonchev–Trinajstić information content (AvgIpc) is 3.64. The van der Waals surface area contributed by atoms with E-state index in [2.05, 4.69) is 63.9 Å². The molecule has 1 unspecified atom stereocenters. The Labute approximate surface area is 520 Å². The molecule has 0 bridgehead atoms. The first-order valence-corrected chi connectivity index (χ1v) is 36.8. The summed E-state index contributed by atoms with van der Waals surface area (Å²) in [6, 6.07) is 6.19. The van der Waals surface area contributed by atoms with Gasteiger partial charge in [0.2, 0.25) is 5.91 Å². The lowest BCUT2D eigenvalue weighted by molar-refractivity contribution is -0.167. The number of amides is 1. The summed E-state index contributed by atoms with van der Waals surface area (Å²) in [5.74, 6) is -0.663. The molecule has 0 aliphatic carbocycles. The molecular formula is C75H138N2O7. The van der Waals surface area contributed by atoms with Crippen molar-refractivity contribution in [2.24, 2.45) is 0 Å². The highest BCUT2D eigenvalue weighted by molar-refractivity contribution is 5.96. The minimum Gasteiger partial charge on any atom is -0.462 e. The van der Waals surface area contributed by atoms with Crippen LogP contribution in [0.1, 0.15) is 379 Å². The highest BCUT2D eigenvalue weighted by Crippen LogP contribution is 2.24. The Hall–Kier alpha value is -2.94. The maximum Gasteiger partial charge on any atom is 0.306 e. The summed E-state index contributed by atoms with van der Waals surface area (Å²) in [4.78, 5) is 53.2. The number of nitrogens with zero attached hydrogens (tertiary/aromatic N) is 1. The molecule has 1 N–H and O–H groups in total. The number of rotatable bonds is 58. The highest BCUT2D eigenvalue weighted by Gasteiger charge is 2.29. The number of benzene rings is 1. The Morgan fingerprint density at radius 2 is 0.714 bits per heavy atom. The number of aryl methyl sites for hydroxylation is 2. The van der Waals surface area contributed by atoms with Gasteiger partial charge in [-0.2, -0.15) is 0 Å². The summed E-state index contributed by atoms with van der Waals surface area (Å²) in [6.45, 7) is 15.1. The van der Waals surface area contributed by atoms with E-state index in [-0.39, 0.29) is 43.1 Å². The van der Waals surface area contributed by atoms with E-state index in [4.69, 9.17) is 14.2 Å². The molecule has 1 amide bonds.